The highest BCUT2D eigenvalue weighted by Crippen LogP contribution is 2.15. The Morgan fingerprint density at radius 2 is 1.71 bits per heavy atom. The van der Waals surface area contributed by atoms with Gasteiger partial charge in [-0.05, 0) is 24.6 Å². The Balaban J connectivity index is 2.65. The van der Waals surface area contributed by atoms with Gasteiger partial charge in [0, 0.05) is 31.8 Å². The van der Waals surface area contributed by atoms with Crippen molar-refractivity contribution >= 4 is 29.1 Å². The highest BCUT2D eigenvalue weighted by Gasteiger charge is 2.12. The second-order valence-corrected chi connectivity index (χ2v) is 4.75. The molecule has 6 nitrogen and oxygen atoms in total. The number of rotatable bonds is 6. The van der Waals surface area contributed by atoms with E-state index < -0.39 is 0 Å². The molecule has 1 aromatic carbocycles. The molecule has 0 atom stereocenters. The van der Waals surface area contributed by atoms with E-state index in [9.17, 15) is 14.4 Å². The molecule has 0 saturated heterocycles. The van der Waals surface area contributed by atoms with Gasteiger partial charge in [-0.2, -0.15) is 0 Å². The maximum atomic E-state index is 11.9. The normalized spacial score (nSPS) is 9.86. The second-order valence-electron chi connectivity index (χ2n) is 4.75. The number of carbonyl (C=O) groups excluding carboxylic acids is 3. The first-order valence-corrected chi connectivity index (χ1v) is 6.85. The largest absolute Gasteiger partial charge is 0.334 e. The predicted octanol–water partition coefficient (Wildman–Crippen LogP) is 1.84. The lowest BCUT2D eigenvalue weighted by atomic mass is 10.2. The van der Waals surface area contributed by atoms with Crippen molar-refractivity contribution in [2.75, 3.05) is 23.7 Å². The first kappa shape index (κ1) is 16.7. The fourth-order valence-corrected chi connectivity index (χ4v) is 1.87. The number of hydrogen-bond donors (Lipinski definition) is 2. The van der Waals surface area contributed by atoms with E-state index in [1.54, 1.807) is 24.3 Å². The number of nitrogens with zero attached hydrogens (tertiary/aromatic N) is 1. The van der Waals surface area contributed by atoms with Gasteiger partial charge in [0.15, 0.2) is 0 Å². The van der Waals surface area contributed by atoms with Gasteiger partial charge < -0.3 is 15.5 Å². The lowest BCUT2D eigenvalue weighted by molar-refractivity contribution is -0.132. The van der Waals surface area contributed by atoms with E-state index in [0.717, 1.165) is 6.42 Å². The molecule has 0 heterocycles. The number of hydrogen-bond acceptors (Lipinski definition) is 3. The van der Waals surface area contributed by atoms with Gasteiger partial charge in [-0.1, -0.05) is 13.0 Å². The third-order valence-electron chi connectivity index (χ3n) is 2.74. The van der Waals surface area contributed by atoms with Gasteiger partial charge in [0.25, 0.3) is 0 Å². The Kier molecular flexibility index (Phi) is 6.39. The Labute approximate surface area is 124 Å². The van der Waals surface area contributed by atoms with Crippen LogP contribution < -0.4 is 10.6 Å². The number of amides is 3. The molecule has 0 bridgehead atoms. The Morgan fingerprint density at radius 1 is 1.10 bits per heavy atom. The maximum absolute atomic E-state index is 11.9. The number of nitrogens with one attached hydrogen (secondary N) is 2. The van der Waals surface area contributed by atoms with Crippen LogP contribution in [-0.4, -0.2) is 35.7 Å². The van der Waals surface area contributed by atoms with Crippen molar-refractivity contribution in [1.82, 2.24) is 4.90 Å². The van der Waals surface area contributed by atoms with E-state index in [-0.39, 0.29) is 24.3 Å². The zero-order chi connectivity index (χ0) is 15.8. The number of anilines is 2. The molecule has 114 valence electrons. The second kappa shape index (κ2) is 8.04. The number of carbonyl (C=O) groups is 3. The molecule has 0 aliphatic heterocycles. The lowest BCUT2D eigenvalue weighted by Gasteiger charge is -2.19. The van der Waals surface area contributed by atoms with E-state index in [1.807, 2.05) is 6.92 Å². The van der Waals surface area contributed by atoms with Crippen molar-refractivity contribution in [3.63, 3.8) is 0 Å². The van der Waals surface area contributed by atoms with Crippen LogP contribution in [0.2, 0.25) is 0 Å². The molecule has 6 heteroatoms. The van der Waals surface area contributed by atoms with Crippen LogP contribution in [0.5, 0.6) is 0 Å². The molecule has 0 fully saturated rings. The van der Waals surface area contributed by atoms with Crippen LogP contribution in [-0.2, 0) is 14.4 Å². The van der Waals surface area contributed by atoms with Gasteiger partial charge in [-0.15, -0.1) is 0 Å². The van der Waals surface area contributed by atoms with Crippen molar-refractivity contribution in [3.8, 4) is 0 Å². The van der Waals surface area contributed by atoms with Crippen LogP contribution in [0.1, 0.15) is 27.2 Å². The Bertz CT molecular complexity index is 529. The molecule has 0 aromatic heterocycles. The minimum Gasteiger partial charge on any atom is -0.334 e. The molecule has 0 radical (unpaired) electrons. The van der Waals surface area contributed by atoms with E-state index in [2.05, 4.69) is 10.6 Å². The average Bonchev–Trinajstić information content (AvgIpc) is 2.37. The van der Waals surface area contributed by atoms with Crippen molar-refractivity contribution in [2.45, 2.75) is 27.2 Å². The molecule has 0 spiro atoms. The van der Waals surface area contributed by atoms with Gasteiger partial charge >= 0.3 is 0 Å². The highest BCUT2D eigenvalue weighted by molar-refractivity contribution is 5.95. The molecule has 0 saturated carbocycles. The summed E-state index contributed by atoms with van der Waals surface area (Å²) in [6, 6.07) is 6.85. The molecule has 0 aliphatic carbocycles. The Hall–Kier alpha value is -2.37. The molecular formula is C15H21N3O3. The van der Waals surface area contributed by atoms with Gasteiger partial charge in [-0.3, -0.25) is 14.4 Å². The molecular weight excluding hydrogens is 270 g/mol. The fraction of sp³-hybridized carbons (Fsp3) is 0.400. The molecule has 21 heavy (non-hydrogen) atoms. The van der Waals surface area contributed by atoms with Gasteiger partial charge in [-0.25, -0.2) is 0 Å². The summed E-state index contributed by atoms with van der Waals surface area (Å²) in [5.74, 6) is -0.568. The summed E-state index contributed by atoms with van der Waals surface area (Å²) >= 11 is 0. The van der Waals surface area contributed by atoms with Crippen LogP contribution in [0.4, 0.5) is 11.4 Å². The van der Waals surface area contributed by atoms with Gasteiger partial charge in [0.1, 0.15) is 0 Å². The van der Waals surface area contributed by atoms with Crippen molar-refractivity contribution < 1.29 is 14.4 Å². The van der Waals surface area contributed by atoms with E-state index in [4.69, 9.17) is 0 Å². The summed E-state index contributed by atoms with van der Waals surface area (Å²) in [5.41, 5.74) is 1.18. The highest BCUT2D eigenvalue weighted by atomic mass is 16.2. The molecule has 1 aromatic rings. The SMILES string of the molecule is CCCN(CC(=O)Nc1cccc(NC(C)=O)c1)C(C)=O. The van der Waals surface area contributed by atoms with Crippen LogP contribution in [0, 0.1) is 0 Å². The van der Waals surface area contributed by atoms with Crippen molar-refractivity contribution in [3.05, 3.63) is 24.3 Å². The van der Waals surface area contributed by atoms with Crippen LogP contribution in [0.3, 0.4) is 0 Å². The summed E-state index contributed by atoms with van der Waals surface area (Å²) in [4.78, 5) is 35.8. The average molecular weight is 291 g/mol. The third-order valence-corrected chi connectivity index (χ3v) is 2.74. The molecule has 0 aliphatic rings. The van der Waals surface area contributed by atoms with E-state index in [1.165, 1.54) is 18.7 Å². The first-order chi connectivity index (χ1) is 9.92. The topological polar surface area (TPSA) is 78.5 Å². The van der Waals surface area contributed by atoms with E-state index in [0.29, 0.717) is 17.9 Å². The fourth-order valence-electron chi connectivity index (χ4n) is 1.87. The molecule has 0 unspecified atom stereocenters. The van der Waals surface area contributed by atoms with Gasteiger partial charge in [0.2, 0.25) is 17.7 Å². The summed E-state index contributed by atoms with van der Waals surface area (Å²) in [6.45, 7) is 5.38. The lowest BCUT2D eigenvalue weighted by Crippen LogP contribution is -2.37. The summed E-state index contributed by atoms with van der Waals surface area (Å²) < 4.78 is 0. The van der Waals surface area contributed by atoms with Gasteiger partial charge in [0.05, 0.1) is 6.54 Å². The molecule has 1 rings (SSSR count). The minimum absolute atomic E-state index is 0.0214. The molecule has 2 N–H and O–H groups in total. The first-order valence-electron chi connectivity index (χ1n) is 6.85. The van der Waals surface area contributed by atoms with Crippen molar-refractivity contribution in [1.29, 1.82) is 0 Å². The minimum atomic E-state index is -0.265. The standard InChI is InChI=1S/C15H21N3O3/c1-4-8-18(12(3)20)10-15(21)17-14-7-5-6-13(9-14)16-11(2)19/h5-7,9H,4,8,10H2,1-3H3,(H,16,19)(H,17,21). The predicted molar refractivity (Wildman–Crippen MR) is 81.9 cm³/mol. The maximum Gasteiger partial charge on any atom is 0.243 e. The zero-order valence-corrected chi connectivity index (χ0v) is 12.6. The zero-order valence-electron chi connectivity index (χ0n) is 12.6. The quantitative estimate of drug-likeness (QED) is 0.839. The Morgan fingerprint density at radius 3 is 2.24 bits per heavy atom. The molecule has 3 amide bonds. The summed E-state index contributed by atoms with van der Waals surface area (Å²) in [6.07, 6.45) is 0.797. The monoisotopic (exact) mass is 291 g/mol. The van der Waals surface area contributed by atoms with Crippen molar-refractivity contribution in [2.24, 2.45) is 0 Å². The smallest absolute Gasteiger partial charge is 0.243 e. The van der Waals surface area contributed by atoms with Crippen LogP contribution >= 0.6 is 0 Å². The number of benzene rings is 1. The van der Waals surface area contributed by atoms with Crippen LogP contribution in [0.25, 0.3) is 0 Å². The third kappa shape index (κ3) is 6.07. The van der Waals surface area contributed by atoms with E-state index >= 15 is 0 Å². The summed E-state index contributed by atoms with van der Waals surface area (Å²) in [5, 5.41) is 5.36. The summed E-state index contributed by atoms with van der Waals surface area (Å²) in [7, 11) is 0. The van der Waals surface area contributed by atoms with Crippen LogP contribution in [0.15, 0.2) is 24.3 Å².